The maximum Gasteiger partial charge on any atom is 0.294 e. The number of carbonyl (C=O) groups is 1. The molecule has 2 aromatic heterocycles. The summed E-state index contributed by atoms with van der Waals surface area (Å²) in [6, 6.07) is 5.06. The molecule has 116 valence electrons. The average Bonchev–Trinajstić information content (AvgIpc) is 3.28. The van der Waals surface area contributed by atoms with Crippen molar-refractivity contribution in [3.8, 4) is 15.1 Å². The van der Waals surface area contributed by atoms with Crippen molar-refractivity contribution in [2.24, 2.45) is 0 Å². The molecular formula is C14H16N4O2S2. The number of nitrogens with zero attached hydrogens (tertiary/aromatic N) is 2. The predicted molar refractivity (Wildman–Crippen MR) is 85.6 cm³/mol. The van der Waals surface area contributed by atoms with Gasteiger partial charge < -0.3 is 15.4 Å². The molecule has 0 saturated carbocycles. The smallest absolute Gasteiger partial charge is 0.294 e. The number of fused-ring (bicyclic) bond motifs is 2. The Labute approximate surface area is 135 Å². The molecule has 6 nitrogen and oxygen atoms in total. The van der Waals surface area contributed by atoms with Crippen molar-refractivity contribution in [2.45, 2.75) is 37.4 Å². The zero-order valence-corrected chi connectivity index (χ0v) is 13.7. The van der Waals surface area contributed by atoms with E-state index >= 15 is 0 Å². The molecule has 2 N–H and O–H groups in total. The number of rotatable bonds is 4. The van der Waals surface area contributed by atoms with Crippen LogP contribution in [0.5, 0.6) is 5.19 Å². The lowest BCUT2D eigenvalue weighted by atomic mass is 9.95. The molecule has 2 aromatic rings. The summed E-state index contributed by atoms with van der Waals surface area (Å²) in [4.78, 5) is 14.1. The third kappa shape index (κ3) is 2.51. The standard InChI is InChI=1S/C14H16N4O2S2/c1-20-14-18-17-13(22-14)11-5-4-10(21-11)12(19)16-9-6-7-2-3-8(9)15-7/h4-5,7-9,15H,2-3,6H2,1H3,(H,16,19)/t7-,8+,9-/m1/s1. The zero-order chi connectivity index (χ0) is 15.1. The maximum atomic E-state index is 12.4. The molecule has 4 rings (SSSR count). The third-order valence-electron chi connectivity index (χ3n) is 4.24. The molecule has 0 unspecified atom stereocenters. The van der Waals surface area contributed by atoms with E-state index in [9.17, 15) is 4.79 Å². The number of hydrogen-bond acceptors (Lipinski definition) is 7. The fourth-order valence-corrected chi connectivity index (χ4v) is 4.81. The summed E-state index contributed by atoms with van der Waals surface area (Å²) in [5.41, 5.74) is 0. The van der Waals surface area contributed by atoms with Gasteiger partial charge in [-0.25, -0.2) is 0 Å². The molecule has 22 heavy (non-hydrogen) atoms. The summed E-state index contributed by atoms with van der Waals surface area (Å²) in [5, 5.41) is 16.0. The van der Waals surface area contributed by atoms with E-state index in [0.29, 0.717) is 22.2 Å². The molecule has 0 spiro atoms. The van der Waals surface area contributed by atoms with Crippen molar-refractivity contribution in [1.82, 2.24) is 20.8 Å². The average molecular weight is 336 g/mol. The molecule has 2 aliphatic rings. The van der Waals surface area contributed by atoms with Gasteiger partial charge in [0.2, 0.25) is 0 Å². The predicted octanol–water partition coefficient (Wildman–Crippen LogP) is 1.90. The number of thiophene rings is 1. The van der Waals surface area contributed by atoms with Crippen LogP contribution >= 0.6 is 22.7 Å². The lowest BCUT2D eigenvalue weighted by Crippen LogP contribution is -2.42. The third-order valence-corrected chi connectivity index (χ3v) is 6.38. The SMILES string of the molecule is COc1nnc(-c2ccc(C(=O)N[C@@H]3C[C@H]4CC[C@@H]3N4)s2)s1. The highest BCUT2D eigenvalue weighted by atomic mass is 32.1. The minimum atomic E-state index is 0.00656. The molecule has 3 atom stereocenters. The minimum absolute atomic E-state index is 0.00656. The monoisotopic (exact) mass is 336 g/mol. The van der Waals surface area contributed by atoms with Gasteiger partial charge in [0, 0.05) is 18.1 Å². The Balaban J connectivity index is 1.45. The topological polar surface area (TPSA) is 76.1 Å². The first-order valence-electron chi connectivity index (χ1n) is 7.27. The van der Waals surface area contributed by atoms with E-state index in [1.54, 1.807) is 7.11 Å². The van der Waals surface area contributed by atoms with Crippen LogP contribution in [0.3, 0.4) is 0 Å². The number of ether oxygens (including phenoxy) is 1. The zero-order valence-electron chi connectivity index (χ0n) is 12.0. The summed E-state index contributed by atoms with van der Waals surface area (Å²) in [6.45, 7) is 0. The number of carbonyl (C=O) groups excluding carboxylic acids is 1. The van der Waals surface area contributed by atoms with Crippen LogP contribution in [0.4, 0.5) is 0 Å². The summed E-state index contributed by atoms with van der Waals surface area (Å²) in [5.74, 6) is 0.00656. The molecule has 0 aromatic carbocycles. The van der Waals surface area contributed by atoms with Crippen molar-refractivity contribution in [2.75, 3.05) is 7.11 Å². The summed E-state index contributed by atoms with van der Waals surface area (Å²) in [6.07, 6.45) is 3.44. The lowest BCUT2D eigenvalue weighted by Gasteiger charge is -2.20. The van der Waals surface area contributed by atoms with Gasteiger partial charge in [-0.1, -0.05) is 16.4 Å². The van der Waals surface area contributed by atoms with Crippen LogP contribution in [-0.2, 0) is 0 Å². The second-order valence-electron chi connectivity index (χ2n) is 5.60. The molecule has 8 heteroatoms. The fourth-order valence-electron chi connectivity index (χ4n) is 3.19. The van der Waals surface area contributed by atoms with Crippen LogP contribution in [-0.4, -0.2) is 41.3 Å². The van der Waals surface area contributed by atoms with E-state index in [4.69, 9.17) is 4.74 Å². The van der Waals surface area contributed by atoms with Gasteiger partial charge >= 0.3 is 0 Å². The van der Waals surface area contributed by atoms with E-state index in [-0.39, 0.29) is 11.9 Å². The van der Waals surface area contributed by atoms with E-state index in [1.165, 1.54) is 29.1 Å². The van der Waals surface area contributed by atoms with Crippen molar-refractivity contribution < 1.29 is 9.53 Å². The normalized spacial score (nSPS) is 26.3. The summed E-state index contributed by atoms with van der Waals surface area (Å²) in [7, 11) is 1.57. The molecule has 1 amide bonds. The van der Waals surface area contributed by atoms with Crippen LogP contribution in [0.25, 0.3) is 9.88 Å². The van der Waals surface area contributed by atoms with Crippen molar-refractivity contribution in [3.63, 3.8) is 0 Å². The van der Waals surface area contributed by atoms with E-state index in [1.807, 2.05) is 12.1 Å². The highest BCUT2D eigenvalue weighted by Gasteiger charge is 2.39. The van der Waals surface area contributed by atoms with Crippen LogP contribution < -0.4 is 15.4 Å². The number of aromatic nitrogens is 2. The van der Waals surface area contributed by atoms with E-state index in [2.05, 4.69) is 20.8 Å². The van der Waals surface area contributed by atoms with Gasteiger partial charge in [-0.2, -0.15) is 0 Å². The van der Waals surface area contributed by atoms with Crippen LogP contribution in [0.15, 0.2) is 12.1 Å². The van der Waals surface area contributed by atoms with Gasteiger partial charge in [-0.3, -0.25) is 4.79 Å². The fraction of sp³-hybridized carbons (Fsp3) is 0.500. The van der Waals surface area contributed by atoms with E-state index < -0.39 is 0 Å². The van der Waals surface area contributed by atoms with Gasteiger partial charge in [0.25, 0.3) is 11.1 Å². The number of hydrogen-bond donors (Lipinski definition) is 2. The van der Waals surface area contributed by atoms with Crippen molar-refractivity contribution in [3.05, 3.63) is 17.0 Å². The highest BCUT2D eigenvalue weighted by molar-refractivity contribution is 7.23. The van der Waals surface area contributed by atoms with Crippen LogP contribution in [0.1, 0.15) is 28.9 Å². The Morgan fingerprint density at radius 2 is 2.27 bits per heavy atom. The first-order valence-corrected chi connectivity index (χ1v) is 8.91. The Hall–Kier alpha value is -1.51. The Kier molecular flexibility index (Phi) is 3.59. The Morgan fingerprint density at radius 3 is 2.95 bits per heavy atom. The number of methoxy groups -OCH3 is 1. The van der Waals surface area contributed by atoms with Gasteiger partial charge in [-0.15, -0.1) is 16.4 Å². The Morgan fingerprint density at radius 1 is 1.36 bits per heavy atom. The highest BCUT2D eigenvalue weighted by Crippen LogP contribution is 2.33. The second-order valence-corrected chi connectivity index (χ2v) is 7.63. The molecular weight excluding hydrogens is 320 g/mol. The molecule has 4 heterocycles. The van der Waals surface area contributed by atoms with Gasteiger partial charge in [0.1, 0.15) is 0 Å². The first-order chi connectivity index (χ1) is 10.7. The van der Waals surface area contributed by atoms with E-state index in [0.717, 1.165) is 22.7 Å². The van der Waals surface area contributed by atoms with Gasteiger partial charge in [-0.05, 0) is 31.4 Å². The second kappa shape index (κ2) is 5.60. The largest absolute Gasteiger partial charge is 0.472 e. The Bertz CT molecular complexity index is 699. The molecule has 2 aliphatic heterocycles. The minimum Gasteiger partial charge on any atom is -0.472 e. The first kappa shape index (κ1) is 14.1. The summed E-state index contributed by atoms with van der Waals surface area (Å²) >= 11 is 2.82. The quantitative estimate of drug-likeness (QED) is 0.892. The van der Waals surface area contributed by atoms with Crippen molar-refractivity contribution in [1.29, 1.82) is 0 Å². The van der Waals surface area contributed by atoms with Gasteiger partial charge in [0.15, 0.2) is 5.01 Å². The molecule has 2 bridgehead atoms. The van der Waals surface area contributed by atoms with Gasteiger partial charge in [0.05, 0.1) is 16.9 Å². The maximum absolute atomic E-state index is 12.4. The molecule has 2 fully saturated rings. The summed E-state index contributed by atoms with van der Waals surface area (Å²) < 4.78 is 5.05. The number of nitrogens with one attached hydrogen (secondary N) is 2. The van der Waals surface area contributed by atoms with Crippen LogP contribution in [0.2, 0.25) is 0 Å². The molecule has 2 saturated heterocycles. The van der Waals surface area contributed by atoms with Crippen molar-refractivity contribution >= 4 is 28.6 Å². The molecule has 0 radical (unpaired) electrons. The molecule has 0 aliphatic carbocycles. The number of amides is 1. The van der Waals surface area contributed by atoms with Crippen LogP contribution in [0, 0.1) is 0 Å². The lowest BCUT2D eigenvalue weighted by molar-refractivity contribution is 0.0935.